The van der Waals surface area contributed by atoms with Crippen molar-refractivity contribution in [2.45, 2.75) is 31.7 Å². The lowest BCUT2D eigenvalue weighted by molar-refractivity contribution is -0.137. The Morgan fingerprint density at radius 2 is 1.91 bits per heavy atom. The van der Waals surface area contributed by atoms with Gasteiger partial charge in [-0.3, -0.25) is 9.89 Å². The van der Waals surface area contributed by atoms with Gasteiger partial charge in [-0.25, -0.2) is 4.98 Å². The van der Waals surface area contributed by atoms with Crippen molar-refractivity contribution in [1.29, 1.82) is 0 Å². The number of halogens is 4. The lowest BCUT2D eigenvalue weighted by Crippen LogP contribution is -2.44. The summed E-state index contributed by atoms with van der Waals surface area (Å²) in [4.78, 5) is 12.8. The van der Waals surface area contributed by atoms with E-state index >= 15 is 0 Å². The van der Waals surface area contributed by atoms with Gasteiger partial charge in [0.25, 0.3) is 0 Å². The van der Waals surface area contributed by atoms with Crippen molar-refractivity contribution in [1.82, 2.24) is 20.5 Å². The van der Waals surface area contributed by atoms with Gasteiger partial charge in [-0.2, -0.15) is 13.2 Å². The fourth-order valence-electron chi connectivity index (χ4n) is 3.54. The molecule has 0 amide bonds. The first-order chi connectivity index (χ1) is 14.7. The largest absolute Gasteiger partial charge is 0.416 e. The zero-order valence-corrected chi connectivity index (χ0v) is 20.8. The van der Waals surface area contributed by atoms with Crippen molar-refractivity contribution in [3.8, 4) is 0 Å². The molecular weight excluding hydrogens is 532 g/mol. The quantitative estimate of drug-likeness (QED) is 0.320. The van der Waals surface area contributed by atoms with Gasteiger partial charge in [0.05, 0.1) is 5.56 Å². The molecule has 1 aliphatic heterocycles. The molecule has 2 aromatic rings. The molecular formula is C22H30F3IN6. The second-order valence-electron chi connectivity index (χ2n) is 7.90. The molecule has 6 nitrogen and oxygen atoms in total. The van der Waals surface area contributed by atoms with Crippen LogP contribution in [0, 0.1) is 0 Å². The molecule has 2 heterocycles. The smallest absolute Gasteiger partial charge is 0.363 e. The maximum Gasteiger partial charge on any atom is 0.416 e. The number of nitrogens with one attached hydrogen (secondary N) is 2. The molecule has 10 heteroatoms. The molecule has 176 valence electrons. The molecule has 3 rings (SSSR count). The van der Waals surface area contributed by atoms with Crippen LogP contribution in [0.1, 0.15) is 23.1 Å². The van der Waals surface area contributed by atoms with E-state index < -0.39 is 11.7 Å². The fourth-order valence-corrected chi connectivity index (χ4v) is 3.54. The van der Waals surface area contributed by atoms with Crippen LogP contribution in [0.3, 0.4) is 0 Å². The first kappa shape index (κ1) is 26.2. The zero-order chi connectivity index (χ0) is 22.4. The van der Waals surface area contributed by atoms with E-state index in [1.165, 1.54) is 0 Å². The third-order valence-electron chi connectivity index (χ3n) is 5.25. The summed E-state index contributed by atoms with van der Waals surface area (Å²) < 4.78 is 38.1. The zero-order valence-electron chi connectivity index (χ0n) is 18.5. The first-order valence-corrected chi connectivity index (χ1v) is 10.2. The second-order valence-corrected chi connectivity index (χ2v) is 7.90. The van der Waals surface area contributed by atoms with Crippen molar-refractivity contribution >= 4 is 35.8 Å². The van der Waals surface area contributed by atoms with Crippen molar-refractivity contribution in [2.75, 3.05) is 39.1 Å². The van der Waals surface area contributed by atoms with Crippen LogP contribution in [0.25, 0.3) is 0 Å². The number of hydrogen-bond acceptors (Lipinski definition) is 4. The lowest BCUT2D eigenvalue weighted by Gasteiger charge is -2.19. The number of alkyl halides is 3. The Bertz CT molecular complexity index is 886. The molecule has 1 aromatic carbocycles. The predicted octanol–water partition coefficient (Wildman–Crippen LogP) is 3.72. The van der Waals surface area contributed by atoms with E-state index in [1.54, 1.807) is 25.4 Å². The van der Waals surface area contributed by atoms with Gasteiger partial charge in [-0.15, -0.1) is 24.0 Å². The van der Waals surface area contributed by atoms with Gasteiger partial charge in [0, 0.05) is 59.6 Å². The van der Waals surface area contributed by atoms with Crippen molar-refractivity contribution in [3.05, 3.63) is 59.3 Å². The molecule has 1 atom stereocenters. The molecule has 0 saturated carbocycles. The topological polar surface area (TPSA) is 55.8 Å². The normalized spacial score (nSPS) is 17.1. The molecule has 0 radical (unpaired) electrons. The lowest BCUT2D eigenvalue weighted by atomic mass is 10.1. The van der Waals surface area contributed by atoms with Crippen LogP contribution >= 0.6 is 24.0 Å². The van der Waals surface area contributed by atoms with E-state index in [4.69, 9.17) is 0 Å². The minimum absolute atomic E-state index is 0. The molecule has 1 aliphatic rings. The van der Waals surface area contributed by atoms with Gasteiger partial charge in [-0.05, 0) is 41.8 Å². The maximum absolute atomic E-state index is 12.7. The van der Waals surface area contributed by atoms with Gasteiger partial charge in [-0.1, -0.05) is 12.1 Å². The van der Waals surface area contributed by atoms with E-state index in [2.05, 4.69) is 25.5 Å². The van der Waals surface area contributed by atoms with Crippen LogP contribution in [-0.4, -0.2) is 56.1 Å². The van der Waals surface area contributed by atoms with Crippen LogP contribution < -0.4 is 15.5 Å². The van der Waals surface area contributed by atoms with Crippen LogP contribution in [0.4, 0.5) is 19.0 Å². The van der Waals surface area contributed by atoms with E-state index in [0.717, 1.165) is 54.5 Å². The van der Waals surface area contributed by atoms with Crippen LogP contribution in [0.15, 0.2) is 47.6 Å². The summed E-state index contributed by atoms with van der Waals surface area (Å²) in [6.07, 6.45) is -1.56. The summed E-state index contributed by atoms with van der Waals surface area (Å²) in [5, 5.41) is 6.77. The maximum atomic E-state index is 12.7. The van der Waals surface area contributed by atoms with E-state index in [-0.39, 0.29) is 30.0 Å². The van der Waals surface area contributed by atoms with E-state index in [1.807, 2.05) is 31.1 Å². The average molecular weight is 562 g/mol. The van der Waals surface area contributed by atoms with Crippen LogP contribution in [0.2, 0.25) is 0 Å². The van der Waals surface area contributed by atoms with Crippen LogP contribution in [-0.2, 0) is 19.3 Å². The third-order valence-corrected chi connectivity index (χ3v) is 5.25. The number of nitrogens with zero attached hydrogens (tertiary/aromatic N) is 4. The van der Waals surface area contributed by atoms with Gasteiger partial charge >= 0.3 is 6.18 Å². The summed E-state index contributed by atoms with van der Waals surface area (Å²) in [5.74, 6) is 1.63. The number of likely N-dealkylation sites (tertiary alicyclic amines) is 1. The third kappa shape index (κ3) is 7.51. The summed E-state index contributed by atoms with van der Waals surface area (Å²) in [6, 6.07) is 9.63. The standard InChI is InChI=1S/C22H29F3N6.HI/c1-26-21(28-13-17-8-10-27-20(12-17)30(2)3)29-19-9-11-31(15-19)14-16-4-6-18(7-5-16)22(23,24)25;/h4-8,10,12,19H,9,11,13-15H2,1-3H3,(H2,26,28,29);1H. The Morgan fingerprint density at radius 3 is 2.53 bits per heavy atom. The molecule has 0 bridgehead atoms. The predicted molar refractivity (Wildman–Crippen MR) is 132 cm³/mol. The average Bonchev–Trinajstić information content (AvgIpc) is 3.17. The molecule has 32 heavy (non-hydrogen) atoms. The summed E-state index contributed by atoms with van der Waals surface area (Å²) in [5.41, 5.74) is 1.38. The number of rotatable bonds is 6. The highest BCUT2D eigenvalue weighted by Crippen LogP contribution is 2.29. The minimum Gasteiger partial charge on any atom is -0.363 e. The SMILES string of the molecule is CN=C(NCc1ccnc(N(C)C)c1)NC1CCN(Cc2ccc(C(F)(F)F)cc2)C1.I. The monoisotopic (exact) mass is 562 g/mol. The molecule has 1 aromatic heterocycles. The van der Waals surface area contributed by atoms with Crippen LogP contribution in [0.5, 0.6) is 0 Å². The Balaban J connectivity index is 0.00000363. The highest BCUT2D eigenvalue weighted by Gasteiger charge is 2.30. The number of hydrogen-bond donors (Lipinski definition) is 2. The van der Waals surface area contributed by atoms with Crippen molar-refractivity contribution in [3.63, 3.8) is 0 Å². The fraction of sp³-hybridized carbons (Fsp3) is 0.455. The van der Waals surface area contributed by atoms with E-state index in [0.29, 0.717) is 13.1 Å². The number of anilines is 1. The number of benzene rings is 1. The highest BCUT2D eigenvalue weighted by atomic mass is 127. The first-order valence-electron chi connectivity index (χ1n) is 10.2. The number of aliphatic imine (C=N–C) groups is 1. The van der Waals surface area contributed by atoms with Gasteiger partial charge in [0.2, 0.25) is 0 Å². The van der Waals surface area contributed by atoms with Crippen molar-refractivity contribution in [2.24, 2.45) is 4.99 Å². The van der Waals surface area contributed by atoms with Crippen molar-refractivity contribution < 1.29 is 13.2 Å². The summed E-state index contributed by atoms with van der Waals surface area (Å²) in [6.45, 7) is 2.95. The van der Waals surface area contributed by atoms with E-state index in [9.17, 15) is 13.2 Å². The highest BCUT2D eigenvalue weighted by molar-refractivity contribution is 14.0. The minimum atomic E-state index is -4.30. The Hall–Kier alpha value is -2.08. The summed E-state index contributed by atoms with van der Waals surface area (Å²) in [7, 11) is 5.65. The molecule has 2 N–H and O–H groups in total. The molecule has 1 fully saturated rings. The Labute approximate surface area is 204 Å². The Morgan fingerprint density at radius 1 is 1.19 bits per heavy atom. The van der Waals surface area contributed by atoms with Gasteiger partial charge < -0.3 is 15.5 Å². The number of pyridine rings is 1. The second kappa shape index (κ2) is 11.7. The summed E-state index contributed by atoms with van der Waals surface area (Å²) >= 11 is 0. The molecule has 0 aliphatic carbocycles. The number of guanidine groups is 1. The number of aromatic nitrogens is 1. The van der Waals surface area contributed by atoms with Gasteiger partial charge in [0.1, 0.15) is 5.82 Å². The van der Waals surface area contributed by atoms with Gasteiger partial charge in [0.15, 0.2) is 5.96 Å². The molecule has 1 saturated heterocycles. The Kier molecular flexibility index (Phi) is 9.56. The molecule has 0 spiro atoms. The molecule has 1 unspecified atom stereocenters.